The number of pyridine rings is 1. The molecule has 33 heavy (non-hydrogen) atoms. The van der Waals surface area contributed by atoms with E-state index in [9.17, 15) is 15.2 Å². The lowest BCUT2D eigenvalue weighted by Crippen LogP contribution is -2.20. The zero-order valence-electron chi connectivity index (χ0n) is 18.1. The molecule has 1 aliphatic carbocycles. The smallest absolute Gasteiger partial charge is 0.339 e. The second kappa shape index (κ2) is 8.40. The molecule has 0 saturated carbocycles. The summed E-state index contributed by atoms with van der Waals surface area (Å²) in [5.41, 5.74) is 4.45. The van der Waals surface area contributed by atoms with Crippen LogP contribution in [0.4, 0.5) is 0 Å². The molecule has 0 amide bonds. The van der Waals surface area contributed by atoms with Gasteiger partial charge in [-0.05, 0) is 48.9 Å². The number of fused-ring (bicyclic) bond motifs is 3. The van der Waals surface area contributed by atoms with Gasteiger partial charge in [0.2, 0.25) is 0 Å². The first kappa shape index (κ1) is 20.7. The van der Waals surface area contributed by atoms with Gasteiger partial charge in [-0.15, -0.1) is 0 Å². The van der Waals surface area contributed by atoms with Gasteiger partial charge >= 0.3 is 5.97 Å². The van der Waals surface area contributed by atoms with E-state index in [1.807, 2.05) is 48.5 Å². The average Bonchev–Trinajstić information content (AvgIpc) is 3.25. The van der Waals surface area contributed by atoms with Crippen molar-refractivity contribution in [1.82, 2.24) is 15.0 Å². The third-order valence-electron chi connectivity index (χ3n) is 6.08. The highest BCUT2D eigenvalue weighted by Crippen LogP contribution is 2.32. The molecule has 0 spiro atoms. The van der Waals surface area contributed by atoms with Crippen LogP contribution in [0.2, 0.25) is 0 Å². The predicted octanol–water partition coefficient (Wildman–Crippen LogP) is 4.89. The van der Waals surface area contributed by atoms with E-state index in [-0.39, 0.29) is 17.2 Å². The van der Waals surface area contributed by atoms with E-state index < -0.39 is 12.6 Å². The Morgan fingerprint density at radius 2 is 1.94 bits per heavy atom. The van der Waals surface area contributed by atoms with Gasteiger partial charge in [-0.1, -0.05) is 37.3 Å². The Morgan fingerprint density at radius 1 is 1.18 bits per heavy atom. The van der Waals surface area contributed by atoms with Crippen LogP contribution in [-0.2, 0) is 17.6 Å². The van der Waals surface area contributed by atoms with E-state index in [0.717, 1.165) is 46.9 Å². The monoisotopic (exact) mass is 438 g/mol. The van der Waals surface area contributed by atoms with Crippen molar-refractivity contribution in [3.63, 3.8) is 0 Å². The number of ether oxygens (including phenoxy) is 1. The molecule has 2 heterocycles. The highest BCUT2D eigenvalue weighted by Gasteiger charge is 2.26. The van der Waals surface area contributed by atoms with Crippen LogP contribution >= 0.6 is 0 Å². The first-order valence-electron chi connectivity index (χ1n) is 10.9. The number of aliphatic hydroxyl groups is 1. The molecule has 0 bridgehead atoms. The number of aliphatic hydroxyl groups excluding tert-OH is 1. The number of esters is 1. The van der Waals surface area contributed by atoms with Gasteiger partial charge in [-0.2, -0.15) is 5.26 Å². The molecular weight excluding hydrogens is 416 g/mol. The number of imidazole rings is 1. The fourth-order valence-corrected chi connectivity index (χ4v) is 4.40. The number of carbonyl (C=O) groups excluding carboxylic acids is 1. The number of para-hydroxylation sites is 3. The SMILES string of the molecule is CC1CCc2nc3ccccc3c(C(=O)OCC(O)=C(C#N)c3nc4ccccc4[nH]3)c2C1. The van der Waals surface area contributed by atoms with Crippen LogP contribution in [-0.4, -0.2) is 32.6 Å². The summed E-state index contributed by atoms with van der Waals surface area (Å²) in [7, 11) is 0. The normalized spacial score (nSPS) is 16.2. The van der Waals surface area contributed by atoms with Gasteiger partial charge in [-0.25, -0.2) is 9.78 Å². The molecule has 0 radical (unpaired) electrons. The molecule has 5 rings (SSSR count). The van der Waals surface area contributed by atoms with Gasteiger partial charge in [-0.3, -0.25) is 4.98 Å². The summed E-state index contributed by atoms with van der Waals surface area (Å²) in [4.78, 5) is 25.4. The molecule has 4 aromatic rings. The number of nitrogens with zero attached hydrogens (tertiary/aromatic N) is 3. The second-order valence-electron chi connectivity index (χ2n) is 8.39. The third-order valence-corrected chi connectivity index (χ3v) is 6.08. The maximum Gasteiger partial charge on any atom is 0.339 e. The second-order valence-corrected chi connectivity index (χ2v) is 8.39. The van der Waals surface area contributed by atoms with Crippen LogP contribution in [0.1, 0.15) is 40.8 Å². The maximum atomic E-state index is 13.2. The van der Waals surface area contributed by atoms with Crippen molar-refractivity contribution in [2.75, 3.05) is 6.61 Å². The Kier molecular flexibility index (Phi) is 5.27. The summed E-state index contributed by atoms with van der Waals surface area (Å²) in [5.74, 6) is -0.218. The number of hydrogen-bond acceptors (Lipinski definition) is 6. The summed E-state index contributed by atoms with van der Waals surface area (Å²) >= 11 is 0. The van der Waals surface area contributed by atoms with Gasteiger partial charge in [0.1, 0.15) is 18.2 Å². The van der Waals surface area contributed by atoms with E-state index in [1.54, 1.807) is 6.07 Å². The molecule has 164 valence electrons. The van der Waals surface area contributed by atoms with Crippen LogP contribution < -0.4 is 0 Å². The number of aryl methyl sites for hydroxylation is 1. The molecule has 2 aromatic heterocycles. The van der Waals surface area contributed by atoms with Crippen molar-refractivity contribution < 1.29 is 14.6 Å². The Hall–Kier alpha value is -4.18. The van der Waals surface area contributed by atoms with Gasteiger partial charge in [0.15, 0.2) is 11.6 Å². The number of hydrogen-bond donors (Lipinski definition) is 2. The molecule has 0 fully saturated rings. The lowest BCUT2D eigenvalue weighted by atomic mass is 9.84. The minimum Gasteiger partial charge on any atom is -0.507 e. The molecule has 2 aromatic carbocycles. The van der Waals surface area contributed by atoms with Gasteiger partial charge < -0.3 is 14.8 Å². The van der Waals surface area contributed by atoms with Crippen LogP contribution in [0.15, 0.2) is 54.3 Å². The first-order chi connectivity index (χ1) is 16.0. The van der Waals surface area contributed by atoms with Crippen molar-refractivity contribution in [1.29, 1.82) is 5.26 Å². The van der Waals surface area contributed by atoms with E-state index in [0.29, 0.717) is 17.0 Å². The van der Waals surface area contributed by atoms with Crippen LogP contribution in [0.5, 0.6) is 0 Å². The van der Waals surface area contributed by atoms with Crippen LogP contribution in [0.25, 0.3) is 27.5 Å². The van der Waals surface area contributed by atoms with Crippen molar-refractivity contribution in [2.45, 2.75) is 26.2 Å². The number of benzene rings is 2. The van der Waals surface area contributed by atoms with Crippen molar-refractivity contribution in [3.8, 4) is 6.07 Å². The largest absolute Gasteiger partial charge is 0.507 e. The van der Waals surface area contributed by atoms with Crippen LogP contribution in [0, 0.1) is 17.2 Å². The lowest BCUT2D eigenvalue weighted by molar-refractivity contribution is 0.0503. The first-order valence-corrected chi connectivity index (χ1v) is 10.9. The van der Waals surface area contributed by atoms with E-state index in [1.165, 1.54) is 0 Å². The summed E-state index contributed by atoms with van der Waals surface area (Å²) in [6.45, 7) is 1.73. The number of allylic oxidation sites excluding steroid dienone is 1. The molecule has 1 atom stereocenters. The lowest BCUT2D eigenvalue weighted by Gasteiger charge is -2.24. The Labute approximate surface area is 190 Å². The molecular formula is C26H22N4O3. The Balaban J connectivity index is 1.47. The number of nitriles is 1. The number of nitrogens with one attached hydrogen (secondary N) is 1. The molecule has 0 saturated heterocycles. The van der Waals surface area contributed by atoms with Gasteiger partial charge in [0.25, 0.3) is 0 Å². The molecule has 1 aliphatic rings. The summed E-state index contributed by atoms with van der Waals surface area (Å²) in [5, 5.41) is 20.9. The van der Waals surface area contributed by atoms with E-state index >= 15 is 0 Å². The number of carbonyl (C=O) groups is 1. The third kappa shape index (κ3) is 3.80. The number of aromatic nitrogens is 3. The highest BCUT2D eigenvalue weighted by molar-refractivity contribution is 6.05. The van der Waals surface area contributed by atoms with Gasteiger partial charge in [0, 0.05) is 11.1 Å². The van der Waals surface area contributed by atoms with E-state index in [4.69, 9.17) is 9.72 Å². The summed E-state index contributed by atoms with van der Waals surface area (Å²) in [6, 6.07) is 16.8. The minimum absolute atomic E-state index is 0.0609. The highest BCUT2D eigenvalue weighted by atomic mass is 16.5. The Bertz CT molecular complexity index is 1430. The number of H-pyrrole nitrogens is 1. The standard InChI is InChI=1S/C26H22N4O3/c1-15-10-11-20-17(12-15)24(16-6-2-3-7-19(16)28-20)26(32)33-14-23(31)18(13-27)25-29-21-8-4-5-9-22(21)30-25/h2-9,15,31H,10-12,14H2,1H3,(H,29,30). The average molecular weight is 438 g/mol. The number of aromatic amines is 1. The van der Waals surface area contributed by atoms with Crippen molar-refractivity contribution in [2.24, 2.45) is 5.92 Å². The minimum atomic E-state index is -0.535. The number of rotatable bonds is 4. The summed E-state index contributed by atoms with van der Waals surface area (Å²) in [6.07, 6.45) is 2.60. The zero-order valence-corrected chi connectivity index (χ0v) is 18.1. The molecule has 0 aliphatic heterocycles. The van der Waals surface area contributed by atoms with Crippen molar-refractivity contribution in [3.05, 3.63) is 76.9 Å². The topological polar surface area (TPSA) is 112 Å². The van der Waals surface area contributed by atoms with Crippen LogP contribution in [0.3, 0.4) is 0 Å². The fourth-order valence-electron chi connectivity index (χ4n) is 4.40. The quantitative estimate of drug-likeness (QED) is 0.267. The zero-order chi connectivity index (χ0) is 22.9. The summed E-state index contributed by atoms with van der Waals surface area (Å²) < 4.78 is 5.51. The molecule has 2 N–H and O–H groups in total. The molecule has 7 nitrogen and oxygen atoms in total. The fraction of sp³-hybridized carbons (Fsp3) is 0.231. The maximum absolute atomic E-state index is 13.2. The predicted molar refractivity (Wildman–Crippen MR) is 124 cm³/mol. The Morgan fingerprint density at radius 3 is 2.73 bits per heavy atom. The van der Waals surface area contributed by atoms with E-state index in [2.05, 4.69) is 16.9 Å². The van der Waals surface area contributed by atoms with Crippen molar-refractivity contribution >= 4 is 33.5 Å². The molecule has 1 unspecified atom stereocenters. The molecule has 7 heteroatoms. The van der Waals surface area contributed by atoms with Gasteiger partial charge in [0.05, 0.1) is 22.1 Å².